The van der Waals surface area contributed by atoms with Gasteiger partial charge in [-0.1, -0.05) is 30.3 Å². The maximum absolute atomic E-state index is 12.5. The lowest BCUT2D eigenvalue weighted by Crippen LogP contribution is -2.44. The molecule has 0 bridgehead atoms. The largest absolute Gasteiger partial charge is 0.461 e. The summed E-state index contributed by atoms with van der Waals surface area (Å²) in [4.78, 5) is 37.8. The lowest BCUT2D eigenvalue weighted by atomic mass is 10.1. The number of benzene rings is 1. The van der Waals surface area contributed by atoms with Crippen LogP contribution in [-0.4, -0.2) is 61.7 Å². The van der Waals surface area contributed by atoms with E-state index in [2.05, 4.69) is 10.6 Å². The summed E-state index contributed by atoms with van der Waals surface area (Å²) in [5, 5.41) is 5.52. The SMILES string of the molecule is CN(C)C(CCCCNC(=O)OC(C)(C)C)C(=O)NCCC(=O)OCc1ccccc1. The quantitative estimate of drug-likeness (QED) is 0.387. The maximum atomic E-state index is 12.5. The average Bonchev–Trinajstić information content (AvgIpc) is 2.68. The molecule has 2 N–H and O–H groups in total. The van der Waals surface area contributed by atoms with E-state index < -0.39 is 11.7 Å². The summed E-state index contributed by atoms with van der Waals surface area (Å²) in [6.07, 6.45) is 1.84. The lowest BCUT2D eigenvalue weighted by molar-refractivity contribution is -0.144. The van der Waals surface area contributed by atoms with Gasteiger partial charge in [-0.25, -0.2) is 4.79 Å². The minimum absolute atomic E-state index is 0.124. The van der Waals surface area contributed by atoms with Gasteiger partial charge in [0.25, 0.3) is 0 Å². The smallest absolute Gasteiger partial charge is 0.407 e. The topological polar surface area (TPSA) is 97.0 Å². The molecule has 0 spiro atoms. The molecule has 0 aliphatic rings. The highest BCUT2D eigenvalue weighted by Crippen LogP contribution is 2.08. The summed E-state index contributed by atoms with van der Waals surface area (Å²) in [5.74, 6) is -0.472. The summed E-state index contributed by atoms with van der Waals surface area (Å²) < 4.78 is 10.4. The number of alkyl carbamates (subject to hydrolysis) is 1. The zero-order valence-electron chi connectivity index (χ0n) is 19.4. The molecule has 0 aliphatic carbocycles. The van der Waals surface area contributed by atoms with Gasteiger partial charge in [-0.2, -0.15) is 0 Å². The summed E-state index contributed by atoms with van der Waals surface area (Å²) in [6.45, 7) is 6.40. The number of carbonyl (C=O) groups is 3. The van der Waals surface area contributed by atoms with Crippen molar-refractivity contribution in [3.05, 3.63) is 35.9 Å². The van der Waals surface area contributed by atoms with Crippen molar-refractivity contribution in [1.82, 2.24) is 15.5 Å². The standard InChI is InChI=1S/C23H37N3O5/c1-23(2,3)31-22(29)25-15-10-9-13-19(26(4)5)21(28)24-16-14-20(27)30-17-18-11-7-6-8-12-18/h6-8,11-12,19H,9-10,13-17H2,1-5H3,(H,24,28)(H,25,29). The molecule has 31 heavy (non-hydrogen) atoms. The van der Waals surface area contributed by atoms with Crippen LogP contribution >= 0.6 is 0 Å². The molecule has 0 saturated carbocycles. The van der Waals surface area contributed by atoms with Crippen LogP contribution in [0.15, 0.2) is 30.3 Å². The Labute approximate surface area is 185 Å². The van der Waals surface area contributed by atoms with Crippen LogP contribution in [0, 0.1) is 0 Å². The summed E-state index contributed by atoms with van der Waals surface area (Å²) in [5.41, 5.74) is 0.403. The number of nitrogens with zero attached hydrogens (tertiary/aromatic N) is 1. The summed E-state index contributed by atoms with van der Waals surface area (Å²) in [7, 11) is 3.69. The van der Waals surface area contributed by atoms with Crippen LogP contribution in [0.2, 0.25) is 0 Å². The van der Waals surface area contributed by atoms with Gasteiger partial charge in [0.2, 0.25) is 5.91 Å². The Morgan fingerprint density at radius 1 is 1.00 bits per heavy atom. The molecule has 1 rings (SSSR count). The Kier molecular flexibility index (Phi) is 11.6. The number of hydrogen-bond acceptors (Lipinski definition) is 6. The molecule has 1 aromatic carbocycles. The van der Waals surface area contributed by atoms with Crippen molar-refractivity contribution in [2.45, 2.75) is 64.7 Å². The van der Waals surface area contributed by atoms with E-state index in [9.17, 15) is 14.4 Å². The van der Waals surface area contributed by atoms with Crippen molar-refractivity contribution in [2.24, 2.45) is 0 Å². The molecular formula is C23H37N3O5. The highest BCUT2D eigenvalue weighted by molar-refractivity contribution is 5.82. The fraction of sp³-hybridized carbons (Fsp3) is 0.609. The van der Waals surface area contributed by atoms with Crippen molar-refractivity contribution in [2.75, 3.05) is 27.2 Å². The molecule has 0 fully saturated rings. The molecule has 0 radical (unpaired) electrons. The van der Waals surface area contributed by atoms with E-state index in [4.69, 9.17) is 9.47 Å². The molecule has 0 heterocycles. The first-order valence-corrected chi connectivity index (χ1v) is 10.7. The van der Waals surface area contributed by atoms with Gasteiger partial charge in [0, 0.05) is 13.1 Å². The van der Waals surface area contributed by atoms with E-state index in [0.717, 1.165) is 18.4 Å². The van der Waals surface area contributed by atoms with Crippen LogP contribution in [0.25, 0.3) is 0 Å². The number of hydrogen-bond donors (Lipinski definition) is 2. The molecular weight excluding hydrogens is 398 g/mol. The van der Waals surface area contributed by atoms with E-state index >= 15 is 0 Å². The van der Waals surface area contributed by atoms with Crippen molar-refractivity contribution < 1.29 is 23.9 Å². The first-order chi connectivity index (χ1) is 14.6. The number of nitrogens with one attached hydrogen (secondary N) is 2. The van der Waals surface area contributed by atoms with E-state index in [1.807, 2.05) is 70.1 Å². The van der Waals surface area contributed by atoms with Gasteiger partial charge in [-0.05, 0) is 59.7 Å². The van der Waals surface area contributed by atoms with Crippen LogP contribution in [0.3, 0.4) is 0 Å². The molecule has 174 valence electrons. The summed E-state index contributed by atoms with van der Waals surface area (Å²) >= 11 is 0. The van der Waals surface area contributed by atoms with Gasteiger partial charge in [-0.3, -0.25) is 14.5 Å². The second kappa shape index (κ2) is 13.6. The van der Waals surface area contributed by atoms with Gasteiger partial charge in [-0.15, -0.1) is 0 Å². The number of esters is 1. The lowest BCUT2D eigenvalue weighted by Gasteiger charge is -2.23. The van der Waals surface area contributed by atoms with Crippen LogP contribution in [0.4, 0.5) is 4.79 Å². The average molecular weight is 436 g/mol. The van der Waals surface area contributed by atoms with Crippen LogP contribution in [0.5, 0.6) is 0 Å². The first kappa shape index (κ1) is 26.4. The van der Waals surface area contributed by atoms with E-state index in [1.165, 1.54) is 0 Å². The highest BCUT2D eigenvalue weighted by atomic mass is 16.6. The minimum Gasteiger partial charge on any atom is -0.461 e. The Hall–Kier alpha value is -2.61. The Morgan fingerprint density at radius 2 is 1.68 bits per heavy atom. The van der Waals surface area contributed by atoms with Gasteiger partial charge in [0.1, 0.15) is 12.2 Å². The van der Waals surface area contributed by atoms with Gasteiger partial charge in [0.15, 0.2) is 0 Å². The van der Waals surface area contributed by atoms with Gasteiger partial charge >= 0.3 is 12.1 Å². The third-order valence-electron chi connectivity index (χ3n) is 4.37. The Morgan fingerprint density at radius 3 is 2.29 bits per heavy atom. The number of likely N-dealkylation sites (N-methyl/N-ethyl adjacent to an activating group) is 1. The van der Waals surface area contributed by atoms with E-state index in [1.54, 1.807) is 0 Å². The minimum atomic E-state index is -0.522. The molecule has 8 heteroatoms. The number of amides is 2. The zero-order valence-corrected chi connectivity index (χ0v) is 19.4. The van der Waals surface area contributed by atoms with Crippen LogP contribution < -0.4 is 10.6 Å². The third kappa shape index (κ3) is 12.6. The molecule has 1 unspecified atom stereocenters. The number of rotatable bonds is 12. The maximum Gasteiger partial charge on any atom is 0.407 e. The highest BCUT2D eigenvalue weighted by Gasteiger charge is 2.20. The number of unbranched alkanes of at least 4 members (excludes halogenated alkanes) is 1. The van der Waals surface area contributed by atoms with Crippen LogP contribution in [-0.2, 0) is 25.7 Å². The van der Waals surface area contributed by atoms with Gasteiger partial charge < -0.3 is 20.1 Å². The normalized spacial score (nSPS) is 12.2. The predicted molar refractivity (Wildman–Crippen MR) is 119 cm³/mol. The fourth-order valence-electron chi connectivity index (χ4n) is 2.81. The Balaban J connectivity index is 2.23. The van der Waals surface area contributed by atoms with Gasteiger partial charge in [0.05, 0.1) is 12.5 Å². The number of ether oxygens (including phenoxy) is 2. The molecule has 8 nitrogen and oxygen atoms in total. The fourth-order valence-corrected chi connectivity index (χ4v) is 2.81. The molecule has 0 aromatic heterocycles. The van der Waals surface area contributed by atoms with E-state index in [-0.39, 0.29) is 37.5 Å². The zero-order chi connectivity index (χ0) is 23.3. The van der Waals surface area contributed by atoms with E-state index in [0.29, 0.717) is 13.0 Å². The van der Waals surface area contributed by atoms with Crippen molar-refractivity contribution in [3.8, 4) is 0 Å². The molecule has 0 saturated heterocycles. The first-order valence-electron chi connectivity index (χ1n) is 10.7. The molecule has 1 atom stereocenters. The molecule has 0 aliphatic heterocycles. The van der Waals surface area contributed by atoms with Crippen LogP contribution in [0.1, 0.15) is 52.0 Å². The number of carbonyl (C=O) groups excluding carboxylic acids is 3. The second-order valence-electron chi connectivity index (χ2n) is 8.59. The summed E-state index contributed by atoms with van der Waals surface area (Å²) in [6, 6.07) is 9.15. The van der Waals surface area contributed by atoms with Crippen molar-refractivity contribution in [3.63, 3.8) is 0 Å². The van der Waals surface area contributed by atoms with Crippen molar-refractivity contribution >= 4 is 18.0 Å². The predicted octanol–water partition coefficient (Wildman–Crippen LogP) is 2.86. The second-order valence-corrected chi connectivity index (χ2v) is 8.59. The molecule has 2 amide bonds. The molecule has 1 aromatic rings. The van der Waals surface area contributed by atoms with Crippen molar-refractivity contribution in [1.29, 1.82) is 0 Å². The monoisotopic (exact) mass is 435 g/mol. The third-order valence-corrected chi connectivity index (χ3v) is 4.37. The Bertz CT molecular complexity index is 686.